The predicted molar refractivity (Wildman–Crippen MR) is 64.7 cm³/mol. The number of hydrogen-bond acceptors (Lipinski definition) is 1. The summed E-state index contributed by atoms with van der Waals surface area (Å²) >= 11 is 0. The summed E-state index contributed by atoms with van der Waals surface area (Å²) in [7, 11) is 0. The van der Waals surface area contributed by atoms with Crippen LogP contribution >= 0.6 is 0 Å². The largest absolute Gasteiger partial charge is 0.303 e. The van der Waals surface area contributed by atoms with Crippen LogP contribution in [0, 0.1) is 11.8 Å². The average Bonchev–Trinajstić information content (AvgIpc) is 2.28. The smallest absolute Gasteiger partial charge is 0.120 e. The molecule has 1 saturated carbocycles. The number of carbonyl (C=O) groups is 1. The van der Waals surface area contributed by atoms with E-state index in [1.54, 1.807) is 0 Å². The average molecular weight is 206 g/mol. The monoisotopic (exact) mass is 206 g/mol. The van der Waals surface area contributed by atoms with Gasteiger partial charge in [-0.05, 0) is 38.0 Å². The number of aldehydes is 1. The fourth-order valence-corrected chi connectivity index (χ4v) is 2.45. The highest BCUT2D eigenvalue weighted by atomic mass is 16.1. The second-order valence-electron chi connectivity index (χ2n) is 4.59. The molecule has 1 rings (SSSR count). The van der Waals surface area contributed by atoms with Gasteiger partial charge in [0.2, 0.25) is 0 Å². The first-order valence-corrected chi connectivity index (χ1v) is 6.00. The van der Waals surface area contributed by atoms with Crippen molar-refractivity contribution in [2.45, 2.75) is 45.4 Å². The fourth-order valence-electron chi connectivity index (χ4n) is 2.45. The van der Waals surface area contributed by atoms with Crippen molar-refractivity contribution in [2.75, 3.05) is 0 Å². The lowest BCUT2D eigenvalue weighted by Gasteiger charge is -2.29. The summed E-state index contributed by atoms with van der Waals surface area (Å²) in [5, 5.41) is 0. The lowest BCUT2D eigenvalue weighted by atomic mass is 9.76. The third kappa shape index (κ3) is 4.03. The van der Waals surface area contributed by atoms with Gasteiger partial charge in [0.25, 0.3) is 0 Å². The molecule has 0 amide bonds. The molecular formula is C14H22O. The third-order valence-corrected chi connectivity index (χ3v) is 3.53. The highest BCUT2D eigenvalue weighted by Crippen LogP contribution is 2.34. The molecule has 2 atom stereocenters. The van der Waals surface area contributed by atoms with Crippen LogP contribution in [0.25, 0.3) is 0 Å². The van der Waals surface area contributed by atoms with Gasteiger partial charge in [0.1, 0.15) is 6.29 Å². The molecule has 1 aliphatic rings. The van der Waals surface area contributed by atoms with Crippen molar-refractivity contribution in [2.24, 2.45) is 11.8 Å². The first-order valence-electron chi connectivity index (χ1n) is 6.00. The molecule has 1 heteroatoms. The molecule has 0 bridgehead atoms. The molecule has 0 aliphatic heterocycles. The van der Waals surface area contributed by atoms with Crippen molar-refractivity contribution in [3.05, 3.63) is 24.3 Å². The number of rotatable bonds is 5. The first-order chi connectivity index (χ1) is 7.27. The molecule has 0 spiro atoms. The van der Waals surface area contributed by atoms with E-state index in [0.717, 1.165) is 25.0 Å². The summed E-state index contributed by atoms with van der Waals surface area (Å²) in [5.74, 6) is 1.35. The Balaban J connectivity index is 2.48. The van der Waals surface area contributed by atoms with E-state index >= 15 is 0 Å². The molecular weight excluding hydrogens is 184 g/mol. The van der Waals surface area contributed by atoms with Crippen LogP contribution < -0.4 is 0 Å². The van der Waals surface area contributed by atoms with E-state index in [4.69, 9.17) is 0 Å². The summed E-state index contributed by atoms with van der Waals surface area (Å²) in [6.45, 7) is 5.84. The highest BCUT2D eigenvalue weighted by Gasteiger charge is 2.23. The van der Waals surface area contributed by atoms with E-state index < -0.39 is 0 Å². The van der Waals surface area contributed by atoms with E-state index in [-0.39, 0.29) is 0 Å². The molecule has 0 aromatic heterocycles. The Morgan fingerprint density at radius 1 is 1.27 bits per heavy atom. The van der Waals surface area contributed by atoms with Crippen LogP contribution in [0.5, 0.6) is 0 Å². The maximum absolute atomic E-state index is 10.6. The molecule has 15 heavy (non-hydrogen) atoms. The van der Waals surface area contributed by atoms with Gasteiger partial charge in [-0.2, -0.15) is 0 Å². The molecule has 0 N–H and O–H groups in total. The summed E-state index contributed by atoms with van der Waals surface area (Å²) in [6.07, 6.45) is 12.3. The lowest BCUT2D eigenvalue weighted by molar-refractivity contribution is -0.109. The second kappa shape index (κ2) is 6.60. The minimum atomic E-state index is 0.630. The zero-order valence-corrected chi connectivity index (χ0v) is 9.74. The summed E-state index contributed by atoms with van der Waals surface area (Å²) in [5.41, 5.74) is 1.26. The van der Waals surface area contributed by atoms with Gasteiger partial charge >= 0.3 is 0 Å². The van der Waals surface area contributed by atoms with E-state index in [2.05, 4.69) is 19.6 Å². The van der Waals surface area contributed by atoms with Crippen LogP contribution in [0.3, 0.4) is 0 Å². The van der Waals surface area contributed by atoms with Crippen molar-refractivity contribution >= 4 is 6.29 Å². The second-order valence-corrected chi connectivity index (χ2v) is 4.59. The summed E-state index contributed by atoms with van der Waals surface area (Å²) in [4.78, 5) is 10.6. The van der Waals surface area contributed by atoms with E-state index in [0.29, 0.717) is 5.92 Å². The van der Waals surface area contributed by atoms with Crippen LogP contribution in [0.2, 0.25) is 0 Å². The van der Waals surface area contributed by atoms with Crippen LogP contribution in [-0.2, 0) is 4.79 Å². The number of carbonyl (C=O) groups excluding carboxylic acids is 1. The van der Waals surface area contributed by atoms with Crippen molar-refractivity contribution < 1.29 is 4.79 Å². The lowest BCUT2D eigenvalue weighted by Crippen LogP contribution is -2.19. The zero-order chi connectivity index (χ0) is 11.1. The van der Waals surface area contributed by atoms with Gasteiger partial charge in [0, 0.05) is 6.42 Å². The minimum Gasteiger partial charge on any atom is -0.303 e. The molecule has 0 heterocycles. The molecule has 0 saturated heterocycles. The molecule has 0 aromatic carbocycles. The Morgan fingerprint density at radius 2 is 1.87 bits per heavy atom. The number of hydrogen-bond donors (Lipinski definition) is 0. The van der Waals surface area contributed by atoms with Crippen LogP contribution in [0.4, 0.5) is 0 Å². The van der Waals surface area contributed by atoms with Gasteiger partial charge in [0.15, 0.2) is 0 Å². The van der Waals surface area contributed by atoms with Crippen molar-refractivity contribution in [1.82, 2.24) is 0 Å². The zero-order valence-electron chi connectivity index (χ0n) is 9.74. The van der Waals surface area contributed by atoms with Gasteiger partial charge in [-0.25, -0.2) is 0 Å². The Morgan fingerprint density at radius 3 is 2.40 bits per heavy atom. The first kappa shape index (κ1) is 12.2. The Hall–Kier alpha value is -0.850. The van der Waals surface area contributed by atoms with Gasteiger partial charge in [-0.3, -0.25) is 0 Å². The quantitative estimate of drug-likeness (QED) is 0.492. The van der Waals surface area contributed by atoms with Crippen LogP contribution in [-0.4, -0.2) is 6.29 Å². The highest BCUT2D eigenvalue weighted by molar-refractivity contribution is 5.49. The van der Waals surface area contributed by atoms with E-state index in [1.807, 2.05) is 6.08 Å². The molecule has 0 unspecified atom stereocenters. The SMILES string of the molecule is C=C/C(C)=C/C[C@@H]1CCCC[C@H]1CC=O. The summed E-state index contributed by atoms with van der Waals surface area (Å²) < 4.78 is 0. The molecule has 1 fully saturated rings. The molecule has 84 valence electrons. The molecule has 0 radical (unpaired) electrons. The third-order valence-electron chi connectivity index (χ3n) is 3.53. The van der Waals surface area contributed by atoms with Crippen LogP contribution in [0.1, 0.15) is 45.4 Å². The Labute approximate surface area is 93.3 Å². The fraction of sp³-hybridized carbons (Fsp3) is 0.643. The molecule has 0 aromatic rings. The van der Waals surface area contributed by atoms with Gasteiger partial charge < -0.3 is 4.79 Å². The standard InChI is InChI=1S/C14H22O/c1-3-12(2)8-9-13-6-4-5-7-14(13)10-11-15/h3,8,11,13-14H,1,4-7,9-10H2,2H3/b12-8+/t13-,14-/m0/s1. The molecule has 1 nitrogen and oxygen atoms in total. The minimum absolute atomic E-state index is 0.630. The maximum atomic E-state index is 10.6. The Bertz CT molecular complexity index is 240. The van der Waals surface area contributed by atoms with Crippen LogP contribution in [0.15, 0.2) is 24.3 Å². The van der Waals surface area contributed by atoms with E-state index in [9.17, 15) is 4.79 Å². The van der Waals surface area contributed by atoms with E-state index in [1.165, 1.54) is 31.3 Å². The van der Waals surface area contributed by atoms with Crippen molar-refractivity contribution in [1.29, 1.82) is 0 Å². The number of allylic oxidation sites excluding steroid dienone is 3. The van der Waals surface area contributed by atoms with Gasteiger partial charge in [-0.15, -0.1) is 0 Å². The molecule has 1 aliphatic carbocycles. The van der Waals surface area contributed by atoms with Crippen molar-refractivity contribution in [3.63, 3.8) is 0 Å². The Kier molecular flexibility index (Phi) is 5.38. The van der Waals surface area contributed by atoms with Crippen molar-refractivity contribution in [3.8, 4) is 0 Å². The predicted octanol–water partition coefficient (Wildman–Crippen LogP) is 3.90. The normalized spacial score (nSPS) is 27.4. The maximum Gasteiger partial charge on any atom is 0.120 e. The summed E-state index contributed by atoms with van der Waals surface area (Å²) in [6, 6.07) is 0. The topological polar surface area (TPSA) is 17.1 Å². The van der Waals surface area contributed by atoms with Gasteiger partial charge in [-0.1, -0.05) is 37.1 Å². The van der Waals surface area contributed by atoms with Gasteiger partial charge in [0.05, 0.1) is 0 Å².